The van der Waals surface area contributed by atoms with Gasteiger partial charge in [-0.05, 0) is 31.2 Å². The van der Waals surface area contributed by atoms with Crippen molar-refractivity contribution < 1.29 is 28.5 Å². The highest BCUT2D eigenvalue weighted by atomic mass is 16.5. The summed E-state index contributed by atoms with van der Waals surface area (Å²) in [7, 11) is 3.04. The first-order chi connectivity index (χ1) is 15.5. The van der Waals surface area contributed by atoms with E-state index in [-0.39, 0.29) is 25.5 Å². The fraction of sp³-hybridized carbons (Fsp3) is 0.348. The predicted octanol–water partition coefficient (Wildman–Crippen LogP) is 2.55. The molecule has 170 valence electrons. The number of nitrogens with one attached hydrogen (secondary N) is 1. The van der Waals surface area contributed by atoms with Crippen LogP contribution in [0.2, 0.25) is 0 Å². The molecule has 2 N–H and O–H groups in total. The number of rotatable bonds is 11. The number of amides is 1. The van der Waals surface area contributed by atoms with Gasteiger partial charge in [0.05, 0.1) is 14.2 Å². The lowest BCUT2D eigenvalue weighted by molar-refractivity contribution is -0.121. The fourth-order valence-electron chi connectivity index (χ4n) is 2.91. The molecule has 0 saturated heterocycles. The summed E-state index contributed by atoms with van der Waals surface area (Å²) in [5, 5.41) is 20.8. The molecular formula is C23H27N3O6. The van der Waals surface area contributed by atoms with Crippen LogP contribution in [0.4, 0.5) is 0 Å². The largest absolute Gasteiger partial charge is 0.493 e. The highest BCUT2D eigenvalue weighted by molar-refractivity contribution is 5.76. The van der Waals surface area contributed by atoms with Gasteiger partial charge in [0, 0.05) is 24.9 Å². The van der Waals surface area contributed by atoms with Gasteiger partial charge >= 0.3 is 0 Å². The van der Waals surface area contributed by atoms with Crippen LogP contribution in [-0.2, 0) is 11.2 Å². The van der Waals surface area contributed by atoms with Gasteiger partial charge in [-0.15, -0.1) is 10.2 Å². The van der Waals surface area contributed by atoms with Crippen molar-refractivity contribution in [2.45, 2.75) is 25.9 Å². The van der Waals surface area contributed by atoms with Gasteiger partial charge < -0.3 is 29.1 Å². The number of hydrogen-bond acceptors (Lipinski definition) is 8. The van der Waals surface area contributed by atoms with Crippen LogP contribution in [-0.4, -0.2) is 54.7 Å². The Hall–Kier alpha value is -3.59. The lowest BCUT2D eigenvalue weighted by Gasteiger charge is -2.17. The monoisotopic (exact) mass is 441 g/mol. The first-order valence-electron chi connectivity index (χ1n) is 10.2. The first kappa shape index (κ1) is 23.1. The second kappa shape index (κ2) is 11.1. The summed E-state index contributed by atoms with van der Waals surface area (Å²) in [6.45, 7) is 2.00. The molecule has 1 atom stereocenters. The van der Waals surface area contributed by atoms with Gasteiger partial charge in [0.1, 0.15) is 12.7 Å². The number of nitrogens with zero attached hydrogens (tertiary/aromatic N) is 2. The zero-order chi connectivity index (χ0) is 22.9. The van der Waals surface area contributed by atoms with Gasteiger partial charge in [-0.3, -0.25) is 4.79 Å². The fourth-order valence-corrected chi connectivity index (χ4v) is 2.91. The van der Waals surface area contributed by atoms with Crippen molar-refractivity contribution in [1.82, 2.24) is 15.5 Å². The number of aliphatic hydroxyl groups is 1. The zero-order valence-corrected chi connectivity index (χ0v) is 18.3. The Morgan fingerprint density at radius 1 is 1.09 bits per heavy atom. The molecular weight excluding hydrogens is 414 g/mol. The van der Waals surface area contributed by atoms with E-state index in [9.17, 15) is 9.90 Å². The molecule has 0 radical (unpaired) electrons. The summed E-state index contributed by atoms with van der Waals surface area (Å²) in [5.74, 6) is 1.93. The van der Waals surface area contributed by atoms with Crippen molar-refractivity contribution in [3.8, 4) is 28.7 Å². The third-order valence-corrected chi connectivity index (χ3v) is 4.67. The van der Waals surface area contributed by atoms with Crippen LogP contribution in [0, 0.1) is 6.92 Å². The zero-order valence-electron chi connectivity index (χ0n) is 18.3. The minimum atomic E-state index is -0.912. The van der Waals surface area contributed by atoms with Crippen molar-refractivity contribution in [2.24, 2.45) is 0 Å². The molecule has 1 aromatic heterocycles. The number of carbonyl (C=O) groups is 1. The van der Waals surface area contributed by atoms with E-state index in [0.29, 0.717) is 35.5 Å². The molecule has 1 amide bonds. The van der Waals surface area contributed by atoms with Gasteiger partial charge in [0.15, 0.2) is 11.5 Å². The predicted molar refractivity (Wildman–Crippen MR) is 117 cm³/mol. The SMILES string of the molecule is COc1cccc(OC)c1OCC(O)CNC(=O)CCc1nnc(-c2ccc(C)cc2)o1. The molecule has 3 rings (SSSR count). The van der Waals surface area contributed by atoms with Gasteiger partial charge in [-0.25, -0.2) is 0 Å². The van der Waals surface area contributed by atoms with Crippen LogP contribution < -0.4 is 19.5 Å². The molecule has 0 aliphatic carbocycles. The van der Waals surface area contributed by atoms with E-state index in [0.717, 1.165) is 11.1 Å². The Balaban J connectivity index is 1.42. The van der Waals surface area contributed by atoms with Crippen molar-refractivity contribution in [1.29, 1.82) is 0 Å². The number of hydrogen-bond donors (Lipinski definition) is 2. The highest BCUT2D eigenvalue weighted by Crippen LogP contribution is 2.36. The van der Waals surface area contributed by atoms with Crippen molar-refractivity contribution in [2.75, 3.05) is 27.4 Å². The van der Waals surface area contributed by atoms with Gasteiger partial charge in [0.2, 0.25) is 23.4 Å². The van der Waals surface area contributed by atoms with E-state index >= 15 is 0 Å². The maximum absolute atomic E-state index is 12.1. The second-order valence-electron chi connectivity index (χ2n) is 7.13. The smallest absolute Gasteiger partial charge is 0.247 e. The Morgan fingerprint density at radius 2 is 1.78 bits per heavy atom. The van der Waals surface area contributed by atoms with Crippen LogP contribution in [0.3, 0.4) is 0 Å². The maximum atomic E-state index is 12.1. The molecule has 3 aromatic rings. The van der Waals surface area contributed by atoms with Crippen molar-refractivity contribution in [3.63, 3.8) is 0 Å². The van der Waals surface area contributed by atoms with E-state index in [1.54, 1.807) is 18.2 Å². The van der Waals surface area contributed by atoms with Gasteiger partial charge in [0.25, 0.3) is 0 Å². The molecule has 0 aliphatic rings. The van der Waals surface area contributed by atoms with Gasteiger partial charge in [-0.1, -0.05) is 23.8 Å². The lowest BCUT2D eigenvalue weighted by atomic mass is 10.1. The van der Waals surface area contributed by atoms with Crippen LogP contribution in [0.1, 0.15) is 17.9 Å². The molecule has 0 spiro atoms. The molecule has 0 saturated carbocycles. The summed E-state index contributed by atoms with van der Waals surface area (Å²) in [6, 6.07) is 13.0. The minimum absolute atomic E-state index is 0.0365. The standard InChI is InChI=1S/C23H27N3O6/c1-15-7-9-16(10-8-15)23-26-25-21(32-23)12-11-20(28)24-13-17(27)14-31-22-18(29-2)5-4-6-19(22)30-3/h4-10,17,27H,11-14H2,1-3H3,(H,24,28). The minimum Gasteiger partial charge on any atom is -0.493 e. The Kier molecular flexibility index (Phi) is 8.04. The Labute approximate surface area is 186 Å². The number of ether oxygens (including phenoxy) is 3. The average molecular weight is 441 g/mol. The average Bonchev–Trinajstić information content (AvgIpc) is 3.29. The first-order valence-corrected chi connectivity index (χ1v) is 10.2. The van der Waals surface area contributed by atoms with Crippen LogP contribution >= 0.6 is 0 Å². The van der Waals surface area contributed by atoms with E-state index in [1.165, 1.54) is 14.2 Å². The van der Waals surface area contributed by atoms with Gasteiger partial charge in [-0.2, -0.15) is 0 Å². The topological polar surface area (TPSA) is 116 Å². The number of aliphatic hydroxyl groups excluding tert-OH is 1. The number of carbonyl (C=O) groups excluding carboxylic acids is 1. The number of benzene rings is 2. The Bertz CT molecular complexity index is 997. The Morgan fingerprint density at radius 3 is 2.44 bits per heavy atom. The van der Waals surface area contributed by atoms with E-state index in [4.69, 9.17) is 18.6 Å². The number of aromatic nitrogens is 2. The quantitative estimate of drug-likeness (QED) is 0.466. The third-order valence-electron chi connectivity index (χ3n) is 4.67. The maximum Gasteiger partial charge on any atom is 0.247 e. The van der Waals surface area contributed by atoms with E-state index < -0.39 is 6.10 Å². The molecule has 1 unspecified atom stereocenters. The molecule has 0 fully saturated rings. The summed E-state index contributed by atoms with van der Waals surface area (Å²) >= 11 is 0. The van der Waals surface area contributed by atoms with Crippen molar-refractivity contribution >= 4 is 5.91 Å². The molecule has 9 heteroatoms. The number of methoxy groups -OCH3 is 2. The van der Waals surface area contributed by atoms with Crippen LogP contribution in [0.25, 0.3) is 11.5 Å². The molecule has 9 nitrogen and oxygen atoms in total. The third kappa shape index (κ3) is 6.21. The van der Waals surface area contributed by atoms with E-state index in [2.05, 4.69) is 15.5 Å². The normalized spacial score (nSPS) is 11.6. The van der Waals surface area contributed by atoms with Crippen molar-refractivity contribution in [3.05, 3.63) is 53.9 Å². The lowest BCUT2D eigenvalue weighted by Crippen LogP contribution is -2.35. The second-order valence-corrected chi connectivity index (χ2v) is 7.13. The van der Waals surface area contributed by atoms with E-state index in [1.807, 2.05) is 31.2 Å². The summed E-state index contributed by atoms with van der Waals surface area (Å²) in [5.41, 5.74) is 1.97. The van der Waals surface area contributed by atoms with Crippen LogP contribution in [0.5, 0.6) is 17.2 Å². The van der Waals surface area contributed by atoms with Crippen LogP contribution in [0.15, 0.2) is 46.9 Å². The molecule has 32 heavy (non-hydrogen) atoms. The molecule has 0 bridgehead atoms. The summed E-state index contributed by atoms with van der Waals surface area (Å²) in [6.07, 6.45) is -0.454. The summed E-state index contributed by atoms with van der Waals surface area (Å²) < 4.78 is 21.8. The molecule has 0 aliphatic heterocycles. The highest BCUT2D eigenvalue weighted by Gasteiger charge is 2.15. The number of aryl methyl sites for hydroxylation is 2. The molecule has 1 heterocycles. The molecule has 2 aromatic carbocycles. The number of para-hydroxylation sites is 1. The summed E-state index contributed by atoms with van der Waals surface area (Å²) in [4.78, 5) is 12.1.